The van der Waals surface area contributed by atoms with Crippen molar-refractivity contribution in [3.05, 3.63) is 23.3 Å². The number of hydroxylamine groups is 1. The quantitative estimate of drug-likeness (QED) is 0.395. The van der Waals surface area contributed by atoms with E-state index in [0.717, 1.165) is 0 Å². The summed E-state index contributed by atoms with van der Waals surface area (Å²) in [7, 11) is 5.44. The zero-order valence-electron chi connectivity index (χ0n) is 17.4. The first-order valence-electron chi connectivity index (χ1n) is 9.43. The summed E-state index contributed by atoms with van der Waals surface area (Å²) in [5, 5.41) is 1.54. The number of carbonyl (C=O) groups is 3. The monoisotopic (exact) mass is 437 g/mol. The maximum Gasteiger partial charge on any atom is 0.410 e. The van der Waals surface area contributed by atoms with Gasteiger partial charge < -0.3 is 29.4 Å². The molecule has 1 aromatic rings. The van der Waals surface area contributed by atoms with E-state index in [2.05, 4.69) is 0 Å². The molecule has 4 atom stereocenters. The van der Waals surface area contributed by atoms with Gasteiger partial charge in [-0.05, 0) is 12.1 Å². The van der Waals surface area contributed by atoms with Gasteiger partial charge in [0.25, 0.3) is 0 Å². The Morgan fingerprint density at radius 2 is 1.94 bits per heavy atom. The van der Waals surface area contributed by atoms with Crippen LogP contribution in [0.1, 0.15) is 21.8 Å². The Bertz CT molecular complexity index is 938. The van der Waals surface area contributed by atoms with Gasteiger partial charge in [-0.15, -0.1) is 0 Å². The second-order valence-corrected chi connectivity index (χ2v) is 7.25. The van der Waals surface area contributed by atoms with E-state index in [1.165, 1.54) is 39.4 Å². The molecule has 0 saturated carbocycles. The minimum Gasteiger partial charge on any atom is -0.496 e. The third-order valence-corrected chi connectivity index (χ3v) is 5.91. The average molecular weight is 437 g/mol. The second-order valence-electron chi connectivity index (χ2n) is 7.25. The number of fused-ring (bicyclic) bond motifs is 6. The van der Waals surface area contributed by atoms with Crippen molar-refractivity contribution in [3.8, 4) is 5.75 Å². The van der Waals surface area contributed by atoms with Gasteiger partial charge >= 0.3 is 18.2 Å². The first-order chi connectivity index (χ1) is 14.8. The standard InChI is InChI=1S/C19H23N3O9/c1-26-13-6-9(16(23)27-2)5-11-14(13)10(8-30-17(20)24)19(29-4)15-12(7-21(11)31-19)22(15)18(25)28-3/h5-6,10,12,15H,7-8H2,1-4H3,(H2,20,24)/t10-,12-,15-,19-,22?/m1/s1. The molecule has 12 heteroatoms. The molecule has 0 radical (unpaired) electrons. The summed E-state index contributed by atoms with van der Waals surface area (Å²) in [6.45, 7) is 0.0885. The molecule has 12 nitrogen and oxygen atoms in total. The highest BCUT2D eigenvalue weighted by molar-refractivity contribution is 5.92. The number of esters is 1. The summed E-state index contributed by atoms with van der Waals surface area (Å²) in [4.78, 5) is 43.6. The first kappa shape index (κ1) is 21.0. The van der Waals surface area contributed by atoms with Crippen LogP contribution in [-0.2, 0) is 23.8 Å². The maximum absolute atomic E-state index is 12.3. The number of primary amides is 1. The van der Waals surface area contributed by atoms with Gasteiger partial charge in [-0.2, -0.15) is 0 Å². The normalized spacial score (nSPS) is 27.5. The number of amides is 2. The predicted molar refractivity (Wildman–Crippen MR) is 103 cm³/mol. The molecule has 3 aliphatic rings. The number of benzene rings is 1. The fraction of sp³-hybridized carbons (Fsp3) is 0.526. The van der Waals surface area contributed by atoms with Crippen molar-refractivity contribution >= 4 is 23.8 Å². The Morgan fingerprint density at radius 1 is 1.19 bits per heavy atom. The third-order valence-electron chi connectivity index (χ3n) is 5.91. The molecular weight excluding hydrogens is 414 g/mol. The van der Waals surface area contributed by atoms with Gasteiger partial charge in [0.15, 0.2) is 0 Å². The van der Waals surface area contributed by atoms with Crippen molar-refractivity contribution in [2.75, 3.05) is 46.7 Å². The molecule has 3 heterocycles. The lowest BCUT2D eigenvalue weighted by molar-refractivity contribution is -0.265. The minimum atomic E-state index is -1.40. The van der Waals surface area contributed by atoms with Gasteiger partial charge in [-0.3, -0.25) is 4.90 Å². The number of anilines is 1. The Balaban J connectivity index is 1.88. The van der Waals surface area contributed by atoms with E-state index in [4.69, 9.17) is 34.3 Å². The van der Waals surface area contributed by atoms with Crippen LogP contribution in [0.15, 0.2) is 12.1 Å². The van der Waals surface area contributed by atoms with E-state index in [1.54, 1.807) is 11.1 Å². The van der Waals surface area contributed by atoms with Crippen LogP contribution in [0.3, 0.4) is 0 Å². The van der Waals surface area contributed by atoms with Crippen LogP contribution >= 0.6 is 0 Å². The highest BCUT2D eigenvalue weighted by Gasteiger charge is 2.73. The van der Waals surface area contributed by atoms with Crippen molar-refractivity contribution in [1.29, 1.82) is 0 Å². The highest BCUT2D eigenvalue weighted by atomic mass is 16.8. The highest BCUT2D eigenvalue weighted by Crippen LogP contribution is 2.58. The molecule has 3 aliphatic heterocycles. The number of rotatable bonds is 5. The van der Waals surface area contributed by atoms with Gasteiger partial charge in [0.05, 0.1) is 51.1 Å². The minimum absolute atomic E-state index is 0.212. The van der Waals surface area contributed by atoms with E-state index in [1.807, 2.05) is 0 Å². The van der Waals surface area contributed by atoms with Crippen LogP contribution in [0.2, 0.25) is 0 Å². The molecule has 0 aromatic heterocycles. The lowest BCUT2D eigenvalue weighted by Crippen LogP contribution is -2.60. The van der Waals surface area contributed by atoms with Crippen molar-refractivity contribution < 1.29 is 42.9 Å². The van der Waals surface area contributed by atoms with Crippen LogP contribution in [0, 0.1) is 0 Å². The largest absolute Gasteiger partial charge is 0.496 e. The zero-order chi connectivity index (χ0) is 22.5. The van der Waals surface area contributed by atoms with Gasteiger partial charge in [0.1, 0.15) is 18.4 Å². The summed E-state index contributed by atoms with van der Waals surface area (Å²) in [5.74, 6) is -2.36. The van der Waals surface area contributed by atoms with Crippen LogP contribution in [0.5, 0.6) is 5.75 Å². The van der Waals surface area contributed by atoms with E-state index < -0.39 is 35.9 Å². The average Bonchev–Trinajstić information content (AvgIpc) is 3.51. The van der Waals surface area contributed by atoms with Crippen LogP contribution in [-0.4, -0.2) is 82.5 Å². The molecule has 2 amide bonds. The molecule has 2 fully saturated rings. The molecule has 31 heavy (non-hydrogen) atoms. The number of hydrogen-bond donors (Lipinski definition) is 1. The maximum atomic E-state index is 12.3. The van der Waals surface area contributed by atoms with E-state index in [0.29, 0.717) is 23.5 Å². The summed E-state index contributed by atoms with van der Waals surface area (Å²) >= 11 is 0. The molecule has 0 unspecified atom stereocenters. The van der Waals surface area contributed by atoms with Gasteiger partial charge in [0.2, 0.25) is 5.79 Å². The van der Waals surface area contributed by atoms with E-state index in [-0.39, 0.29) is 18.2 Å². The molecule has 2 bridgehead atoms. The number of carbonyl (C=O) groups excluding carboxylic acids is 3. The van der Waals surface area contributed by atoms with Gasteiger partial charge in [-0.25, -0.2) is 24.3 Å². The fourth-order valence-electron chi connectivity index (χ4n) is 4.57. The number of methoxy groups -OCH3 is 4. The van der Waals surface area contributed by atoms with Crippen molar-refractivity contribution in [3.63, 3.8) is 0 Å². The Morgan fingerprint density at radius 3 is 2.52 bits per heavy atom. The Hall–Kier alpha value is -3.25. The lowest BCUT2D eigenvalue weighted by atomic mass is 9.82. The van der Waals surface area contributed by atoms with Crippen LogP contribution in [0.4, 0.5) is 15.3 Å². The summed E-state index contributed by atoms with van der Waals surface area (Å²) in [6.07, 6.45) is -1.52. The second kappa shape index (κ2) is 7.46. The van der Waals surface area contributed by atoms with Crippen molar-refractivity contribution in [2.24, 2.45) is 5.73 Å². The van der Waals surface area contributed by atoms with Crippen molar-refractivity contribution in [2.45, 2.75) is 23.8 Å². The molecule has 1 aromatic carbocycles. The van der Waals surface area contributed by atoms with E-state index >= 15 is 0 Å². The fourth-order valence-corrected chi connectivity index (χ4v) is 4.57. The smallest absolute Gasteiger partial charge is 0.410 e. The molecular formula is C19H23N3O9. The Kier molecular flexibility index (Phi) is 5.06. The number of nitrogens with zero attached hydrogens (tertiary/aromatic N) is 2. The van der Waals surface area contributed by atoms with Crippen molar-refractivity contribution in [1.82, 2.24) is 4.90 Å². The number of hydrogen-bond acceptors (Lipinski definition) is 10. The molecule has 4 rings (SSSR count). The number of ether oxygens (including phenoxy) is 5. The molecule has 0 aliphatic carbocycles. The SMILES string of the molecule is COC(=O)c1cc(OC)c2c(c1)N1C[C@@H]3[C@@H](N3C(=O)OC)[C@](OC)(O1)[C@@H]2COC(N)=O. The summed E-state index contributed by atoms with van der Waals surface area (Å²) in [5.41, 5.74) is 6.53. The van der Waals surface area contributed by atoms with Gasteiger partial charge in [-0.1, -0.05) is 0 Å². The molecule has 2 saturated heterocycles. The topological polar surface area (TPSA) is 139 Å². The van der Waals surface area contributed by atoms with E-state index in [9.17, 15) is 14.4 Å². The first-order valence-corrected chi connectivity index (χ1v) is 9.43. The summed E-state index contributed by atoms with van der Waals surface area (Å²) in [6, 6.07) is 2.33. The molecule has 168 valence electrons. The summed E-state index contributed by atoms with van der Waals surface area (Å²) < 4.78 is 26.2. The predicted octanol–water partition coefficient (Wildman–Crippen LogP) is 0.588. The zero-order valence-corrected chi connectivity index (χ0v) is 17.4. The molecule has 0 spiro atoms. The third kappa shape index (κ3) is 3.01. The lowest BCUT2D eigenvalue weighted by Gasteiger charge is -2.49. The number of nitrogens with two attached hydrogens (primary N) is 1. The van der Waals surface area contributed by atoms with Gasteiger partial charge in [0, 0.05) is 12.7 Å². The molecule has 2 N–H and O–H groups in total. The van der Waals surface area contributed by atoms with Crippen LogP contribution < -0.4 is 15.5 Å². The van der Waals surface area contributed by atoms with Crippen LogP contribution in [0.25, 0.3) is 0 Å². The Labute approximate surface area is 177 Å².